The molecule has 162 valence electrons. The Morgan fingerprint density at radius 1 is 1.16 bits per heavy atom. The summed E-state index contributed by atoms with van der Waals surface area (Å²) >= 11 is 8.99. The molecule has 0 aliphatic heterocycles. The van der Waals surface area contributed by atoms with E-state index in [4.69, 9.17) is 16.3 Å². The molecule has 0 fully saturated rings. The van der Waals surface area contributed by atoms with Crippen LogP contribution in [-0.4, -0.2) is 26.3 Å². The molecule has 5 rings (SSSR count). The predicted molar refractivity (Wildman–Crippen MR) is 126 cm³/mol. The zero-order valence-electron chi connectivity index (χ0n) is 16.8. The number of halogens is 2. The van der Waals surface area contributed by atoms with Crippen molar-refractivity contribution in [3.63, 3.8) is 0 Å². The number of benzene rings is 2. The summed E-state index contributed by atoms with van der Waals surface area (Å²) in [6.45, 7) is 0.354. The lowest BCUT2D eigenvalue weighted by atomic mass is 10.2. The van der Waals surface area contributed by atoms with Gasteiger partial charge in [0, 0.05) is 10.8 Å². The molecule has 0 N–H and O–H groups in total. The first-order chi connectivity index (χ1) is 15.5. The number of thioether (sulfide) groups is 1. The van der Waals surface area contributed by atoms with Crippen molar-refractivity contribution in [1.82, 2.24) is 19.2 Å². The van der Waals surface area contributed by atoms with Gasteiger partial charge in [0.25, 0.3) is 5.56 Å². The number of hydrogen-bond donors (Lipinski definition) is 0. The van der Waals surface area contributed by atoms with Crippen LogP contribution in [0.2, 0.25) is 5.02 Å². The molecule has 10 heteroatoms. The predicted octanol–water partition coefficient (Wildman–Crippen LogP) is 5.25. The van der Waals surface area contributed by atoms with Crippen molar-refractivity contribution in [3.8, 4) is 5.75 Å². The standard InChI is InChI=1S/C22H16ClFN4O2S2/c1-30-16-6-2-13(3-7-16)11-27-20(29)19-18(8-9-31-19)28-21(27)25-26-22(28)32-12-14-4-5-15(24)10-17(14)23/h2-10H,11-12H2,1H3. The maximum Gasteiger partial charge on any atom is 0.273 e. The molecule has 32 heavy (non-hydrogen) atoms. The zero-order valence-corrected chi connectivity index (χ0v) is 19.2. The number of methoxy groups -OCH3 is 1. The van der Waals surface area contributed by atoms with Gasteiger partial charge in [0.1, 0.15) is 16.3 Å². The van der Waals surface area contributed by atoms with Gasteiger partial charge < -0.3 is 4.74 Å². The second-order valence-corrected chi connectivity index (χ2v) is 9.28. The van der Waals surface area contributed by atoms with Crippen molar-refractivity contribution in [2.45, 2.75) is 17.5 Å². The minimum Gasteiger partial charge on any atom is -0.497 e. The van der Waals surface area contributed by atoms with Crippen molar-refractivity contribution >= 4 is 50.7 Å². The molecule has 0 amide bonds. The highest BCUT2D eigenvalue weighted by Crippen LogP contribution is 2.29. The van der Waals surface area contributed by atoms with Crippen molar-refractivity contribution in [3.05, 3.63) is 86.2 Å². The van der Waals surface area contributed by atoms with Crippen molar-refractivity contribution in [2.24, 2.45) is 0 Å². The van der Waals surface area contributed by atoms with Crippen LogP contribution in [0.1, 0.15) is 11.1 Å². The molecular weight excluding hydrogens is 471 g/mol. The van der Waals surface area contributed by atoms with Gasteiger partial charge in [0.05, 0.1) is 19.2 Å². The van der Waals surface area contributed by atoms with E-state index in [-0.39, 0.29) is 11.4 Å². The molecule has 0 bridgehead atoms. The second kappa shape index (κ2) is 8.57. The Bertz CT molecular complexity index is 1490. The summed E-state index contributed by atoms with van der Waals surface area (Å²) in [5, 5.41) is 11.6. The lowest BCUT2D eigenvalue weighted by Gasteiger charge is -2.10. The van der Waals surface area contributed by atoms with Gasteiger partial charge in [-0.25, -0.2) is 4.39 Å². The molecule has 5 aromatic rings. The van der Waals surface area contributed by atoms with E-state index in [2.05, 4.69) is 10.2 Å². The Morgan fingerprint density at radius 3 is 2.72 bits per heavy atom. The van der Waals surface area contributed by atoms with Crippen LogP contribution >= 0.6 is 34.7 Å². The molecule has 0 spiro atoms. The Labute approximate surface area is 195 Å². The fraction of sp³-hybridized carbons (Fsp3) is 0.136. The summed E-state index contributed by atoms with van der Waals surface area (Å²) in [5.41, 5.74) is 2.39. The molecule has 0 aliphatic carbocycles. The van der Waals surface area contributed by atoms with Crippen molar-refractivity contribution in [2.75, 3.05) is 7.11 Å². The molecule has 0 aliphatic rings. The maximum absolute atomic E-state index is 13.4. The molecule has 3 heterocycles. The molecule has 0 atom stereocenters. The van der Waals surface area contributed by atoms with Gasteiger partial charge in [-0.15, -0.1) is 21.5 Å². The number of fused-ring (bicyclic) bond motifs is 3. The molecule has 0 saturated heterocycles. The van der Waals surface area contributed by atoms with Crippen LogP contribution in [0.3, 0.4) is 0 Å². The summed E-state index contributed by atoms with van der Waals surface area (Å²) in [6.07, 6.45) is 0. The first-order valence-electron chi connectivity index (χ1n) is 9.60. The maximum atomic E-state index is 13.4. The number of nitrogens with zero attached hydrogens (tertiary/aromatic N) is 4. The van der Waals surface area contributed by atoms with Crippen LogP contribution in [0.25, 0.3) is 16.0 Å². The Balaban J connectivity index is 1.56. The van der Waals surface area contributed by atoms with E-state index in [1.807, 2.05) is 40.1 Å². The van der Waals surface area contributed by atoms with Gasteiger partial charge in [0.15, 0.2) is 5.16 Å². The highest BCUT2D eigenvalue weighted by Gasteiger charge is 2.18. The van der Waals surface area contributed by atoms with Crippen LogP contribution in [-0.2, 0) is 12.3 Å². The molecule has 2 aromatic carbocycles. The summed E-state index contributed by atoms with van der Waals surface area (Å²) in [5.74, 6) is 1.33. The minimum atomic E-state index is -0.376. The van der Waals surface area contributed by atoms with E-state index in [1.54, 1.807) is 17.7 Å². The third-order valence-electron chi connectivity index (χ3n) is 5.05. The van der Waals surface area contributed by atoms with E-state index in [1.165, 1.54) is 35.2 Å². The van der Waals surface area contributed by atoms with E-state index in [0.717, 1.165) is 22.4 Å². The number of hydrogen-bond acceptors (Lipinski definition) is 6. The molecular formula is C22H16ClFN4O2S2. The van der Waals surface area contributed by atoms with Gasteiger partial charge in [-0.1, -0.05) is 41.6 Å². The third kappa shape index (κ3) is 3.76. The van der Waals surface area contributed by atoms with E-state index < -0.39 is 0 Å². The first-order valence-corrected chi connectivity index (χ1v) is 11.8. The summed E-state index contributed by atoms with van der Waals surface area (Å²) in [6, 6.07) is 13.8. The third-order valence-corrected chi connectivity index (χ3v) is 7.28. The molecule has 0 radical (unpaired) electrons. The van der Waals surface area contributed by atoms with Gasteiger partial charge in [-0.3, -0.25) is 13.8 Å². The minimum absolute atomic E-state index is 0.108. The summed E-state index contributed by atoms with van der Waals surface area (Å²) in [4.78, 5) is 13.2. The Morgan fingerprint density at radius 2 is 1.97 bits per heavy atom. The quantitative estimate of drug-likeness (QED) is 0.307. The number of ether oxygens (including phenoxy) is 1. The monoisotopic (exact) mass is 486 g/mol. The topological polar surface area (TPSA) is 61.4 Å². The summed E-state index contributed by atoms with van der Waals surface area (Å²) < 4.78 is 22.7. The molecule has 0 unspecified atom stereocenters. The molecule has 0 saturated carbocycles. The van der Waals surface area contributed by atoms with Crippen LogP contribution in [0, 0.1) is 5.82 Å². The zero-order chi connectivity index (χ0) is 22.2. The van der Waals surface area contributed by atoms with Gasteiger partial charge in [-0.05, 0) is 46.8 Å². The number of aromatic nitrogens is 4. The largest absolute Gasteiger partial charge is 0.497 e. The van der Waals surface area contributed by atoms with Gasteiger partial charge in [0.2, 0.25) is 5.78 Å². The lowest BCUT2D eigenvalue weighted by molar-refractivity contribution is 0.414. The van der Waals surface area contributed by atoms with E-state index >= 15 is 0 Å². The van der Waals surface area contributed by atoms with Crippen LogP contribution in [0.4, 0.5) is 4.39 Å². The molecule has 6 nitrogen and oxygen atoms in total. The Hall–Kier alpha value is -2.88. The highest BCUT2D eigenvalue weighted by atomic mass is 35.5. The second-order valence-electron chi connectivity index (χ2n) is 7.02. The summed E-state index contributed by atoms with van der Waals surface area (Å²) in [7, 11) is 1.61. The molecule has 3 aromatic heterocycles. The van der Waals surface area contributed by atoms with Gasteiger partial charge in [-0.2, -0.15) is 0 Å². The van der Waals surface area contributed by atoms with E-state index in [9.17, 15) is 9.18 Å². The van der Waals surface area contributed by atoms with Crippen molar-refractivity contribution in [1.29, 1.82) is 0 Å². The van der Waals surface area contributed by atoms with E-state index in [0.29, 0.717) is 33.0 Å². The normalized spacial score (nSPS) is 11.5. The lowest BCUT2D eigenvalue weighted by Crippen LogP contribution is -2.23. The van der Waals surface area contributed by atoms with Crippen LogP contribution in [0.5, 0.6) is 5.75 Å². The Kier molecular flexibility index (Phi) is 5.62. The smallest absolute Gasteiger partial charge is 0.273 e. The average molecular weight is 487 g/mol. The number of rotatable bonds is 6. The SMILES string of the molecule is COc1ccc(Cn2c(=O)c3sccc3n3c(SCc4ccc(F)cc4Cl)nnc23)cc1. The van der Waals surface area contributed by atoms with Crippen LogP contribution < -0.4 is 10.3 Å². The van der Waals surface area contributed by atoms with Crippen molar-refractivity contribution < 1.29 is 9.13 Å². The van der Waals surface area contributed by atoms with Crippen LogP contribution in [0.15, 0.2) is 63.9 Å². The fourth-order valence-corrected chi connectivity index (χ4v) is 5.51. The first kappa shape index (κ1) is 21.0. The highest BCUT2D eigenvalue weighted by molar-refractivity contribution is 7.98. The average Bonchev–Trinajstić information content (AvgIpc) is 3.44. The van der Waals surface area contributed by atoms with Gasteiger partial charge >= 0.3 is 0 Å². The fourth-order valence-electron chi connectivity index (χ4n) is 3.43. The number of thiophene rings is 1.